The third-order valence-corrected chi connectivity index (χ3v) is 7.38. The molecule has 4 aliphatic rings. The molecule has 1 aliphatic carbocycles. The summed E-state index contributed by atoms with van der Waals surface area (Å²) in [7, 11) is 0. The number of anilines is 1. The van der Waals surface area contributed by atoms with E-state index >= 15 is 0 Å². The highest BCUT2D eigenvalue weighted by Gasteiger charge is 2.70. The van der Waals surface area contributed by atoms with Gasteiger partial charge in [0.25, 0.3) is 0 Å². The molecule has 2 aromatic rings. The number of nitrogens with one attached hydrogen (secondary N) is 1. The van der Waals surface area contributed by atoms with E-state index in [1.165, 1.54) is 6.92 Å². The highest BCUT2D eigenvalue weighted by molar-refractivity contribution is 5.94. The Labute approximate surface area is 185 Å². The van der Waals surface area contributed by atoms with Crippen molar-refractivity contribution in [3.63, 3.8) is 0 Å². The molecule has 162 valence electrons. The molecule has 1 N–H and O–H groups in total. The maximum absolute atomic E-state index is 12.4. The van der Waals surface area contributed by atoms with Crippen LogP contribution in [0.3, 0.4) is 0 Å². The number of ether oxygens (including phenoxy) is 2. The van der Waals surface area contributed by atoms with Crippen molar-refractivity contribution >= 4 is 17.7 Å². The lowest BCUT2D eigenvalue weighted by Gasteiger charge is -2.16. The smallest absolute Gasteiger partial charge is 0.415 e. The maximum Gasteiger partial charge on any atom is 0.415 e. The Balaban J connectivity index is 1.24. The number of amides is 2. The molecule has 4 atom stereocenters. The number of cyclic esters (lactones) is 1. The minimum absolute atomic E-state index is 0.118. The molecular weight excluding hydrogens is 408 g/mol. The number of carbonyl (C=O) groups is 2. The van der Waals surface area contributed by atoms with Crippen LogP contribution >= 0.6 is 0 Å². The zero-order chi connectivity index (χ0) is 22.0. The number of hydrogen-bond donors (Lipinski definition) is 1. The second-order valence-corrected chi connectivity index (χ2v) is 9.01. The van der Waals surface area contributed by atoms with Gasteiger partial charge in [-0.25, -0.2) is 4.79 Å². The molecule has 4 heterocycles. The van der Waals surface area contributed by atoms with E-state index in [0.717, 1.165) is 28.1 Å². The molecule has 0 spiro atoms. The third kappa shape index (κ3) is 2.61. The highest BCUT2D eigenvalue weighted by atomic mass is 16.6. The lowest BCUT2D eigenvalue weighted by molar-refractivity contribution is -0.119. The predicted octanol–water partition coefficient (Wildman–Crippen LogP) is 2.17. The van der Waals surface area contributed by atoms with Crippen molar-refractivity contribution in [2.75, 3.05) is 24.7 Å². The summed E-state index contributed by atoms with van der Waals surface area (Å²) >= 11 is 0. The van der Waals surface area contributed by atoms with Gasteiger partial charge < -0.3 is 14.8 Å². The van der Waals surface area contributed by atoms with E-state index < -0.39 is 5.41 Å². The van der Waals surface area contributed by atoms with Crippen LogP contribution in [0.2, 0.25) is 0 Å². The minimum atomic E-state index is -0.497. The fraction of sp³-hybridized carbons (Fsp3) is 0.417. The van der Waals surface area contributed by atoms with Crippen molar-refractivity contribution in [2.24, 2.45) is 11.8 Å². The first-order chi connectivity index (χ1) is 15.5. The van der Waals surface area contributed by atoms with Crippen molar-refractivity contribution < 1.29 is 19.1 Å². The molecule has 3 aliphatic heterocycles. The molecule has 0 bridgehead atoms. The van der Waals surface area contributed by atoms with Gasteiger partial charge in [0.05, 0.1) is 43.3 Å². The van der Waals surface area contributed by atoms with Crippen molar-refractivity contribution in [1.29, 1.82) is 5.26 Å². The van der Waals surface area contributed by atoms with Gasteiger partial charge in [-0.2, -0.15) is 5.26 Å². The molecule has 2 saturated heterocycles. The minimum Gasteiger partial charge on any atom is -0.442 e. The Morgan fingerprint density at radius 3 is 2.75 bits per heavy atom. The number of aromatic nitrogens is 1. The molecule has 6 rings (SSSR count). The van der Waals surface area contributed by atoms with E-state index in [4.69, 9.17) is 9.47 Å². The van der Waals surface area contributed by atoms with E-state index in [-0.39, 0.29) is 36.0 Å². The first-order valence-corrected chi connectivity index (χ1v) is 10.9. The van der Waals surface area contributed by atoms with Crippen molar-refractivity contribution in [3.8, 4) is 17.2 Å². The Kier molecular flexibility index (Phi) is 4.08. The predicted molar refractivity (Wildman–Crippen MR) is 114 cm³/mol. The summed E-state index contributed by atoms with van der Waals surface area (Å²) in [6.45, 7) is 3.03. The van der Waals surface area contributed by atoms with Gasteiger partial charge in [0.2, 0.25) is 5.91 Å². The van der Waals surface area contributed by atoms with Crippen LogP contribution in [0.4, 0.5) is 10.5 Å². The third-order valence-electron chi connectivity index (χ3n) is 7.38. The van der Waals surface area contributed by atoms with Gasteiger partial charge in [0.1, 0.15) is 11.5 Å². The summed E-state index contributed by atoms with van der Waals surface area (Å²) < 4.78 is 10.9. The molecule has 3 unspecified atom stereocenters. The Bertz CT molecular complexity index is 1160. The fourth-order valence-corrected chi connectivity index (χ4v) is 5.65. The van der Waals surface area contributed by atoms with Gasteiger partial charge in [-0.15, -0.1) is 0 Å². The van der Waals surface area contributed by atoms with E-state index in [1.54, 1.807) is 4.90 Å². The van der Waals surface area contributed by atoms with Crippen LogP contribution in [0.25, 0.3) is 11.1 Å². The van der Waals surface area contributed by atoms with Crippen molar-refractivity contribution in [3.05, 3.63) is 47.8 Å². The van der Waals surface area contributed by atoms with Gasteiger partial charge in [0.15, 0.2) is 0 Å². The van der Waals surface area contributed by atoms with E-state index in [1.807, 2.05) is 30.5 Å². The molecule has 32 heavy (non-hydrogen) atoms. The summed E-state index contributed by atoms with van der Waals surface area (Å²) in [5.74, 6) is 0.364. The Morgan fingerprint density at radius 2 is 2.06 bits per heavy atom. The van der Waals surface area contributed by atoms with Crippen LogP contribution in [-0.4, -0.2) is 48.9 Å². The molecule has 8 heteroatoms. The largest absolute Gasteiger partial charge is 0.442 e. The lowest BCUT2D eigenvalue weighted by Crippen LogP contribution is -2.40. The lowest BCUT2D eigenvalue weighted by atomic mass is 9.96. The summed E-state index contributed by atoms with van der Waals surface area (Å²) in [4.78, 5) is 30.0. The molecule has 0 radical (unpaired) electrons. The van der Waals surface area contributed by atoms with Crippen LogP contribution in [-0.2, 0) is 26.1 Å². The SMILES string of the molecule is CC(=O)NCC1OC(=O)N2c3ccc(-c4ccc(C5(C#N)C6COCC65)nc4)cc3C[C@@H]12. The molecule has 1 saturated carbocycles. The summed E-state index contributed by atoms with van der Waals surface area (Å²) in [5.41, 5.74) is 4.24. The quantitative estimate of drug-likeness (QED) is 0.797. The van der Waals surface area contributed by atoms with Gasteiger partial charge in [-0.1, -0.05) is 12.1 Å². The summed E-state index contributed by atoms with van der Waals surface area (Å²) in [6.07, 6.45) is 1.76. The fourth-order valence-electron chi connectivity index (χ4n) is 5.65. The van der Waals surface area contributed by atoms with Crippen LogP contribution in [0, 0.1) is 23.2 Å². The van der Waals surface area contributed by atoms with Crippen LogP contribution in [0.15, 0.2) is 36.5 Å². The van der Waals surface area contributed by atoms with Gasteiger partial charge in [-0.05, 0) is 35.7 Å². The molecular formula is C24H22N4O4. The molecule has 1 aromatic carbocycles. The number of pyridine rings is 1. The number of fused-ring (bicyclic) bond motifs is 4. The van der Waals surface area contributed by atoms with Gasteiger partial charge in [-0.3, -0.25) is 14.7 Å². The molecule has 1 aromatic heterocycles. The monoisotopic (exact) mass is 430 g/mol. The highest BCUT2D eigenvalue weighted by Crippen LogP contribution is 2.62. The zero-order valence-electron chi connectivity index (χ0n) is 17.6. The van der Waals surface area contributed by atoms with Crippen molar-refractivity contribution in [2.45, 2.75) is 30.9 Å². The molecule has 2 amide bonds. The average molecular weight is 430 g/mol. The number of rotatable bonds is 4. The van der Waals surface area contributed by atoms with Gasteiger partial charge >= 0.3 is 6.09 Å². The number of carbonyl (C=O) groups excluding carboxylic acids is 2. The standard InChI is InChI=1S/C24H22N4O4/c1-13(29)26-9-21-20-7-16-6-14(2-4-19(16)28(20)23(30)32-21)15-3-5-22(27-8-15)24(12-25)17-10-31-11-18(17)24/h2-6,8,17-18,20-21H,7,9-11H2,1H3,(H,26,29)/t17?,18?,20-,21?,24?/m0/s1. The van der Waals surface area contributed by atoms with Crippen LogP contribution in [0.5, 0.6) is 0 Å². The summed E-state index contributed by atoms with van der Waals surface area (Å²) in [6, 6.07) is 12.4. The number of hydrogen-bond acceptors (Lipinski definition) is 6. The Hall–Kier alpha value is -3.44. The Morgan fingerprint density at radius 1 is 1.28 bits per heavy atom. The normalized spacial score (nSPS) is 31.4. The second-order valence-electron chi connectivity index (χ2n) is 9.01. The van der Waals surface area contributed by atoms with E-state index in [0.29, 0.717) is 26.2 Å². The van der Waals surface area contributed by atoms with E-state index in [9.17, 15) is 14.9 Å². The molecule has 8 nitrogen and oxygen atoms in total. The topological polar surface area (TPSA) is 105 Å². The number of benzene rings is 1. The van der Waals surface area contributed by atoms with Crippen molar-refractivity contribution in [1.82, 2.24) is 10.3 Å². The van der Waals surface area contributed by atoms with E-state index in [2.05, 4.69) is 22.4 Å². The zero-order valence-corrected chi connectivity index (χ0v) is 17.6. The average Bonchev–Trinajstić information content (AvgIpc) is 3.20. The number of nitrogens with zero attached hydrogens (tertiary/aromatic N) is 3. The van der Waals surface area contributed by atoms with Crippen LogP contribution in [0.1, 0.15) is 18.2 Å². The second kappa shape index (κ2) is 6.78. The number of nitriles is 1. The van der Waals surface area contributed by atoms with Crippen LogP contribution < -0.4 is 10.2 Å². The van der Waals surface area contributed by atoms with Gasteiger partial charge in [0, 0.05) is 30.5 Å². The first-order valence-electron chi connectivity index (χ1n) is 10.9. The first kappa shape index (κ1) is 19.3. The molecule has 3 fully saturated rings. The summed E-state index contributed by atoms with van der Waals surface area (Å²) in [5, 5.41) is 12.5. The maximum atomic E-state index is 12.4.